The number of benzene rings is 1. The quantitative estimate of drug-likeness (QED) is 0.411. The number of H-pyrrole nitrogens is 1. The summed E-state index contributed by atoms with van der Waals surface area (Å²) in [7, 11) is 0. The summed E-state index contributed by atoms with van der Waals surface area (Å²) in [5.41, 5.74) is 4.60. The van der Waals surface area contributed by atoms with Crippen LogP contribution in [-0.2, 0) is 13.0 Å². The molecule has 1 N–H and O–H groups in total. The summed E-state index contributed by atoms with van der Waals surface area (Å²) in [6.45, 7) is 2.63. The van der Waals surface area contributed by atoms with Gasteiger partial charge in [0.15, 0.2) is 5.43 Å². The zero-order valence-electron chi connectivity index (χ0n) is 18.0. The highest BCUT2D eigenvalue weighted by Gasteiger charge is 2.37. The Morgan fingerprint density at radius 3 is 2.58 bits per heavy atom. The molecule has 5 aromatic rings. The Hall–Kier alpha value is -3.84. The first-order valence-electron chi connectivity index (χ1n) is 10.9. The first-order valence-corrected chi connectivity index (χ1v) is 11.8. The fourth-order valence-corrected chi connectivity index (χ4v) is 5.56. The summed E-state index contributed by atoms with van der Waals surface area (Å²) in [4.78, 5) is 35.1. The van der Waals surface area contributed by atoms with E-state index in [0.29, 0.717) is 17.9 Å². The van der Waals surface area contributed by atoms with Gasteiger partial charge in [-0.05, 0) is 48.4 Å². The van der Waals surface area contributed by atoms with E-state index >= 15 is 0 Å². The molecule has 0 fully saturated rings. The van der Waals surface area contributed by atoms with Crippen LogP contribution in [0.25, 0.3) is 22.0 Å². The smallest absolute Gasteiger partial charge is 0.226 e. The molecular formula is C26H21N5OS. The molecule has 0 spiro atoms. The van der Waals surface area contributed by atoms with Crippen molar-refractivity contribution >= 4 is 28.2 Å². The van der Waals surface area contributed by atoms with E-state index in [9.17, 15) is 4.79 Å². The molecule has 1 aliphatic heterocycles. The van der Waals surface area contributed by atoms with Crippen LogP contribution in [0.5, 0.6) is 0 Å². The van der Waals surface area contributed by atoms with Crippen molar-refractivity contribution in [1.29, 1.82) is 0 Å². The molecule has 4 aromatic heterocycles. The van der Waals surface area contributed by atoms with Crippen LogP contribution in [0.2, 0.25) is 0 Å². The van der Waals surface area contributed by atoms with Crippen LogP contribution in [0.1, 0.15) is 34.0 Å². The van der Waals surface area contributed by atoms with Gasteiger partial charge < -0.3 is 9.88 Å². The van der Waals surface area contributed by atoms with Gasteiger partial charge in [-0.3, -0.25) is 9.78 Å². The number of fused-ring (bicyclic) bond motifs is 2. The number of nitrogens with zero attached hydrogens (tertiary/aromatic N) is 4. The maximum absolute atomic E-state index is 13.4. The lowest BCUT2D eigenvalue weighted by atomic mass is 10.1. The van der Waals surface area contributed by atoms with Crippen molar-refractivity contribution < 1.29 is 0 Å². The first kappa shape index (κ1) is 19.8. The maximum Gasteiger partial charge on any atom is 0.226 e. The fourth-order valence-electron chi connectivity index (χ4n) is 4.48. The lowest BCUT2D eigenvalue weighted by molar-refractivity contribution is 0.739. The predicted octanol–water partition coefficient (Wildman–Crippen LogP) is 5.11. The van der Waals surface area contributed by atoms with Gasteiger partial charge in [0.05, 0.1) is 12.2 Å². The second kappa shape index (κ2) is 7.94. The Balaban J connectivity index is 1.48. The van der Waals surface area contributed by atoms with Gasteiger partial charge in [-0.25, -0.2) is 9.97 Å². The number of hydrogen-bond acceptors (Lipinski definition) is 6. The number of aryl methyl sites for hydroxylation is 1. The van der Waals surface area contributed by atoms with Crippen molar-refractivity contribution in [3.05, 3.63) is 105 Å². The third kappa shape index (κ3) is 3.32. The molecule has 0 bridgehead atoms. The van der Waals surface area contributed by atoms with E-state index in [1.807, 2.05) is 48.8 Å². The van der Waals surface area contributed by atoms with Gasteiger partial charge in [0.25, 0.3) is 0 Å². The van der Waals surface area contributed by atoms with Gasteiger partial charge in [-0.1, -0.05) is 19.1 Å². The Labute approximate surface area is 194 Å². The number of pyridine rings is 2. The minimum absolute atomic E-state index is 0.0764. The summed E-state index contributed by atoms with van der Waals surface area (Å²) in [5.74, 6) is 0.609. The third-order valence-electron chi connectivity index (χ3n) is 6.16. The molecule has 5 heterocycles. The summed E-state index contributed by atoms with van der Waals surface area (Å²) in [6.07, 6.45) is 8.17. The van der Waals surface area contributed by atoms with E-state index < -0.39 is 0 Å². The normalized spacial score (nSPS) is 15.2. The van der Waals surface area contributed by atoms with Gasteiger partial charge in [-0.15, -0.1) is 11.3 Å². The van der Waals surface area contributed by atoms with Crippen molar-refractivity contribution in [2.24, 2.45) is 0 Å². The lowest BCUT2D eigenvalue weighted by Crippen LogP contribution is -2.24. The minimum atomic E-state index is -0.130. The van der Waals surface area contributed by atoms with Gasteiger partial charge >= 0.3 is 0 Å². The number of para-hydroxylation sites is 1. The zero-order valence-corrected chi connectivity index (χ0v) is 18.8. The summed E-state index contributed by atoms with van der Waals surface area (Å²) >= 11 is 1.78. The van der Waals surface area contributed by atoms with Crippen molar-refractivity contribution in [3.8, 4) is 11.1 Å². The standard InChI is InChI=1S/C26H21N5OS/c1-2-18-7-8-22(33-18)24-23-20(25(32)19-5-3-4-6-21(19)30-23)15-31(24)26-28-13-17(14-29-26)16-9-11-27-12-10-16/h3-14,24H,2,15H2,1H3,(H,30,32). The Morgan fingerprint density at radius 1 is 1.03 bits per heavy atom. The highest BCUT2D eigenvalue weighted by molar-refractivity contribution is 7.12. The van der Waals surface area contributed by atoms with Gasteiger partial charge in [0.1, 0.15) is 6.04 Å². The van der Waals surface area contributed by atoms with E-state index in [-0.39, 0.29) is 11.5 Å². The topological polar surface area (TPSA) is 74.8 Å². The molecule has 1 atom stereocenters. The monoisotopic (exact) mass is 451 g/mol. The average Bonchev–Trinajstić information content (AvgIpc) is 3.49. The second-order valence-corrected chi connectivity index (χ2v) is 9.29. The third-order valence-corrected chi connectivity index (χ3v) is 7.44. The molecule has 0 amide bonds. The highest BCUT2D eigenvalue weighted by Crippen LogP contribution is 2.41. The van der Waals surface area contributed by atoms with Gasteiger partial charge in [0.2, 0.25) is 5.95 Å². The van der Waals surface area contributed by atoms with E-state index in [2.05, 4.69) is 33.9 Å². The number of aromatic nitrogens is 4. The molecular weight excluding hydrogens is 430 g/mol. The predicted molar refractivity (Wildman–Crippen MR) is 132 cm³/mol. The van der Waals surface area contributed by atoms with Crippen LogP contribution >= 0.6 is 11.3 Å². The summed E-state index contributed by atoms with van der Waals surface area (Å²) in [5, 5.41) is 0.714. The Bertz CT molecular complexity index is 1510. The number of aromatic amines is 1. The molecule has 1 unspecified atom stereocenters. The van der Waals surface area contributed by atoms with Crippen molar-refractivity contribution in [1.82, 2.24) is 19.9 Å². The van der Waals surface area contributed by atoms with E-state index in [0.717, 1.165) is 34.3 Å². The number of anilines is 1. The summed E-state index contributed by atoms with van der Waals surface area (Å²) in [6, 6.07) is 15.8. The number of rotatable bonds is 4. The van der Waals surface area contributed by atoms with E-state index in [1.165, 1.54) is 9.75 Å². The number of hydrogen-bond donors (Lipinski definition) is 1. The molecule has 0 saturated heterocycles. The molecule has 7 heteroatoms. The largest absolute Gasteiger partial charge is 0.356 e. The fraction of sp³-hybridized carbons (Fsp3) is 0.154. The van der Waals surface area contributed by atoms with Crippen LogP contribution in [0.15, 0.2) is 78.1 Å². The lowest BCUT2D eigenvalue weighted by Gasteiger charge is -2.24. The van der Waals surface area contributed by atoms with E-state index in [1.54, 1.807) is 23.7 Å². The first-order chi connectivity index (χ1) is 16.2. The van der Waals surface area contributed by atoms with E-state index in [4.69, 9.17) is 9.97 Å². The highest BCUT2D eigenvalue weighted by atomic mass is 32.1. The van der Waals surface area contributed by atoms with Gasteiger partial charge in [-0.2, -0.15) is 0 Å². The van der Waals surface area contributed by atoms with Crippen LogP contribution < -0.4 is 10.3 Å². The molecule has 162 valence electrons. The van der Waals surface area contributed by atoms with Crippen molar-refractivity contribution in [3.63, 3.8) is 0 Å². The second-order valence-electron chi connectivity index (χ2n) is 8.09. The molecule has 0 radical (unpaired) electrons. The average molecular weight is 452 g/mol. The minimum Gasteiger partial charge on any atom is -0.356 e. The van der Waals surface area contributed by atoms with Crippen molar-refractivity contribution in [2.45, 2.75) is 25.9 Å². The Morgan fingerprint density at radius 2 is 1.82 bits per heavy atom. The van der Waals surface area contributed by atoms with Crippen LogP contribution in [0.4, 0.5) is 5.95 Å². The van der Waals surface area contributed by atoms with Gasteiger partial charge in [0, 0.05) is 56.6 Å². The molecule has 6 rings (SSSR count). The maximum atomic E-state index is 13.4. The molecule has 33 heavy (non-hydrogen) atoms. The molecule has 6 nitrogen and oxygen atoms in total. The van der Waals surface area contributed by atoms with Crippen LogP contribution in [0, 0.1) is 0 Å². The van der Waals surface area contributed by atoms with Crippen LogP contribution in [0.3, 0.4) is 0 Å². The summed E-state index contributed by atoms with van der Waals surface area (Å²) < 4.78 is 0. The number of thiophene rings is 1. The van der Waals surface area contributed by atoms with Crippen molar-refractivity contribution in [2.75, 3.05) is 4.90 Å². The molecule has 1 aromatic carbocycles. The van der Waals surface area contributed by atoms with Crippen LogP contribution in [-0.4, -0.2) is 19.9 Å². The number of nitrogens with one attached hydrogen (secondary N) is 1. The molecule has 1 aliphatic rings. The molecule has 0 saturated carbocycles. The Kier molecular flexibility index (Phi) is 4.77. The SMILES string of the molecule is CCc1ccc(C2c3[nH]c4ccccc4c(=O)c3CN2c2ncc(-c3ccncc3)cn2)s1. The molecule has 0 aliphatic carbocycles. The zero-order chi connectivity index (χ0) is 22.4.